The third kappa shape index (κ3) is 5.05. The van der Waals surface area contributed by atoms with E-state index in [0.717, 1.165) is 46.4 Å². The minimum Gasteiger partial charge on any atom is -0.493 e. The molecule has 0 spiro atoms. The fourth-order valence-corrected chi connectivity index (χ4v) is 4.50. The van der Waals surface area contributed by atoms with E-state index in [1.54, 1.807) is 18.7 Å². The topological polar surface area (TPSA) is 86.8 Å². The molecule has 0 saturated carbocycles. The molecule has 1 atom stereocenters. The number of nitrogens with two attached hydrogens (primary N) is 1. The summed E-state index contributed by atoms with van der Waals surface area (Å²) in [6.45, 7) is 4.62. The Hall–Kier alpha value is -3.06. The van der Waals surface area contributed by atoms with Crippen LogP contribution in [0.4, 0.5) is 11.5 Å². The highest BCUT2D eigenvalue weighted by molar-refractivity contribution is 7.92. The Morgan fingerprint density at radius 3 is 2.72 bits per heavy atom. The minimum absolute atomic E-state index is 0.268. The number of ether oxygens (including phenoxy) is 2. The largest absolute Gasteiger partial charge is 0.493 e. The number of aryl methyl sites for hydroxylation is 2. The van der Waals surface area contributed by atoms with Gasteiger partial charge in [0, 0.05) is 39.6 Å². The quantitative estimate of drug-likeness (QED) is 0.531. The van der Waals surface area contributed by atoms with Crippen molar-refractivity contribution in [2.24, 2.45) is 4.36 Å². The zero-order valence-corrected chi connectivity index (χ0v) is 19.7. The minimum atomic E-state index is -2.27. The molecule has 0 unspecified atom stereocenters. The van der Waals surface area contributed by atoms with Crippen LogP contribution >= 0.6 is 0 Å². The maximum Gasteiger partial charge on any atom is 0.166 e. The predicted molar refractivity (Wildman–Crippen MR) is 130 cm³/mol. The Labute approximate surface area is 190 Å². The van der Waals surface area contributed by atoms with E-state index in [2.05, 4.69) is 22.3 Å². The van der Waals surface area contributed by atoms with Crippen molar-refractivity contribution < 1.29 is 13.7 Å². The Bertz CT molecular complexity index is 1270. The molecule has 0 saturated heterocycles. The van der Waals surface area contributed by atoms with Gasteiger partial charge in [0.15, 0.2) is 11.6 Å². The van der Waals surface area contributed by atoms with E-state index in [-0.39, 0.29) is 6.10 Å². The smallest absolute Gasteiger partial charge is 0.166 e. The average molecular weight is 452 g/mol. The van der Waals surface area contributed by atoms with Gasteiger partial charge in [0.05, 0.1) is 12.3 Å². The number of hydrogen-bond acceptors (Lipinski definition) is 6. The Balaban J connectivity index is 1.84. The zero-order valence-electron chi connectivity index (χ0n) is 18.9. The number of nitrogen functional groups attached to an aromatic ring is 1. The van der Waals surface area contributed by atoms with Gasteiger partial charge < -0.3 is 15.2 Å². The van der Waals surface area contributed by atoms with Gasteiger partial charge in [-0.1, -0.05) is 17.7 Å². The molecule has 2 bridgehead atoms. The molecular weight excluding hydrogens is 422 g/mol. The van der Waals surface area contributed by atoms with Gasteiger partial charge in [-0.25, -0.2) is 9.19 Å². The standard InChI is InChI=1S/C25H29N3O3S/c1-16-7-10-23-21(12-16)17(2)31-24-13-19(15-27-25(24)26)22-14-20(28-32(3,4)29)9-8-18(22)6-5-11-30-23/h7-10,12-15,17H,5-6,11H2,1-4H3,(H2,26,27)/t17-/m1/s1. The number of rotatable bonds is 1. The SMILES string of the molecule is Cc1ccc2c(c1)[C@@H](C)Oc1cc(cnc1N)-c1cc(N=S(C)(C)=O)ccc1CCCO2. The number of fused-ring (bicyclic) bond motifs is 5. The predicted octanol–water partition coefficient (Wildman–Crippen LogP) is 5.46. The highest BCUT2D eigenvalue weighted by Gasteiger charge is 2.18. The molecular formula is C25H29N3O3S. The second-order valence-corrected chi connectivity index (χ2v) is 11.0. The highest BCUT2D eigenvalue weighted by atomic mass is 32.2. The molecule has 2 aromatic carbocycles. The first-order chi connectivity index (χ1) is 15.2. The first-order valence-corrected chi connectivity index (χ1v) is 13.0. The number of pyridine rings is 1. The second-order valence-electron chi connectivity index (χ2n) is 8.47. The molecule has 7 heteroatoms. The molecule has 2 N–H and O–H groups in total. The molecule has 2 heterocycles. The summed E-state index contributed by atoms with van der Waals surface area (Å²) in [6.07, 6.45) is 6.41. The second kappa shape index (κ2) is 8.82. The van der Waals surface area contributed by atoms with Crippen molar-refractivity contribution in [2.45, 2.75) is 32.8 Å². The molecule has 1 aromatic heterocycles. The first kappa shape index (κ1) is 22.1. The lowest BCUT2D eigenvalue weighted by Gasteiger charge is -2.20. The number of nitrogens with zero attached hydrogens (tertiary/aromatic N) is 2. The summed E-state index contributed by atoms with van der Waals surface area (Å²) in [4.78, 5) is 4.40. The van der Waals surface area contributed by atoms with Crippen LogP contribution < -0.4 is 15.2 Å². The van der Waals surface area contributed by atoms with Crippen LogP contribution in [-0.2, 0) is 16.1 Å². The highest BCUT2D eigenvalue weighted by Crippen LogP contribution is 2.36. The lowest BCUT2D eigenvalue weighted by atomic mass is 9.97. The van der Waals surface area contributed by atoms with Gasteiger partial charge in [0.2, 0.25) is 0 Å². The van der Waals surface area contributed by atoms with Crippen LogP contribution in [0.15, 0.2) is 53.0 Å². The summed E-state index contributed by atoms with van der Waals surface area (Å²) < 4.78 is 29.0. The van der Waals surface area contributed by atoms with Crippen LogP contribution in [0.1, 0.15) is 36.1 Å². The third-order valence-corrected chi connectivity index (χ3v) is 6.02. The van der Waals surface area contributed by atoms with Gasteiger partial charge in [0.25, 0.3) is 0 Å². The third-order valence-electron chi connectivity index (χ3n) is 5.37. The number of aromatic nitrogens is 1. The van der Waals surface area contributed by atoms with Crippen LogP contribution in [0.5, 0.6) is 11.5 Å². The van der Waals surface area contributed by atoms with Crippen LogP contribution in [-0.4, -0.2) is 28.3 Å². The molecule has 168 valence electrons. The molecule has 0 aliphatic carbocycles. The summed E-state index contributed by atoms with van der Waals surface area (Å²) in [7, 11) is -2.27. The first-order valence-electron chi connectivity index (χ1n) is 10.7. The lowest BCUT2D eigenvalue weighted by Crippen LogP contribution is -2.09. The Morgan fingerprint density at radius 2 is 1.94 bits per heavy atom. The van der Waals surface area contributed by atoms with Crippen LogP contribution in [0, 0.1) is 6.92 Å². The molecule has 32 heavy (non-hydrogen) atoms. The molecule has 0 amide bonds. The molecule has 1 aliphatic heterocycles. The summed E-state index contributed by atoms with van der Waals surface area (Å²) >= 11 is 0. The fraction of sp³-hybridized carbons (Fsp3) is 0.320. The monoisotopic (exact) mass is 451 g/mol. The van der Waals surface area contributed by atoms with Crippen molar-refractivity contribution in [2.75, 3.05) is 24.9 Å². The molecule has 3 aromatic rings. The van der Waals surface area contributed by atoms with E-state index >= 15 is 0 Å². The van der Waals surface area contributed by atoms with Gasteiger partial charge in [0.1, 0.15) is 11.9 Å². The molecule has 0 radical (unpaired) electrons. The normalized spacial score (nSPS) is 16.2. The van der Waals surface area contributed by atoms with Crippen LogP contribution in [0.2, 0.25) is 0 Å². The molecule has 6 nitrogen and oxygen atoms in total. The van der Waals surface area contributed by atoms with Crippen LogP contribution in [0.3, 0.4) is 0 Å². The lowest BCUT2D eigenvalue weighted by molar-refractivity contribution is 0.217. The maximum atomic E-state index is 12.2. The number of anilines is 1. The van der Waals surface area contributed by atoms with Gasteiger partial charge in [-0.2, -0.15) is 4.36 Å². The van der Waals surface area contributed by atoms with E-state index in [0.29, 0.717) is 23.9 Å². The van der Waals surface area contributed by atoms with Crippen molar-refractivity contribution in [3.63, 3.8) is 0 Å². The van der Waals surface area contributed by atoms with E-state index < -0.39 is 9.73 Å². The van der Waals surface area contributed by atoms with Gasteiger partial charge in [-0.15, -0.1) is 0 Å². The Kier molecular flexibility index (Phi) is 6.11. The van der Waals surface area contributed by atoms with Gasteiger partial charge >= 0.3 is 0 Å². The van der Waals surface area contributed by atoms with E-state index in [1.165, 1.54) is 0 Å². The van der Waals surface area contributed by atoms with Crippen molar-refractivity contribution in [3.8, 4) is 22.6 Å². The molecule has 4 rings (SSSR count). The van der Waals surface area contributed by atoms with Crippen molar-refractivity contribution in [1.82, 2.24) is 4.98 Å². The van der Waals surface area contributed by atoms with Gasteiger partial charge in [-0.3, -0.25) is 0 Å². The van der Waals surface area contributed by atoms with Crippen molar-refractivity contribution in [3.05, 3.63) is 65.4 Å². The number of benzene rings is 2. The summed E-state index contributed by atoms with van der Waals surface area (Å²) in [6, 6.07) is 14.0. The van der Waals surface area contributed by atoms with E-state index in [1.807, 2.05) is 43.3 Å². The summed E-state index contributed by atoms with van der Waals surface area (Å²) in [5, 5.41) is 0. The molecule has 0 fully saturated rings. The summed E-state index contributed by atoms with van der Waals surface area (Å²) in [5.41, 5.74) is 12.0. The van der Waals surface area contributed by atoms with Gasteiger partial charge in [-0.05, 0) is 68.1 Å². The maximum absolute atomic E-state index is 12.2. The van der Waals surface area contributed by atoms with Crippen molar-refractivity contribution >= 4 is 21.2 Å². The van der Waals surface area contributed by atoms with Crippen LogP contribution in [0.25, 0.3) is 11.1 Å². The van der Waals surface area contributed by atoms with Crippen molar-refractivity contribution in [1.29, 1.82) is 0 Å². The summed E-state index contributed by atoms with van der Waals surface area (Å²) in [5.74, 6) is 1.67. The van der Waals surface area contributed by atoms with E-state index in [4.69, 9.17) is 15.2 Å². The zero-order chi connectivity index (χ0) is 22.9. The average Bonchev–Trinajstić information content (AvgIpc) is 2.73. The van der Waals surface area contributed by atoms with E-state index in [9.17, 15) is 4.21 Å². The molecule has 1 aliphatic rings. The number of hydrogen-bond donors (Lipinski definition) is 1. The Morgan fingerprint density at radius 1 is 1.12 bits per heavy atom. The fourth-order valence-electron chi connectivity index (χ4n) is 3.87.